The zero-order valence-electron chi connectivity index (χ0n) is 14.0. The zero-order valence-corrected chi connectivity index (χ0v) is 14.0. The van der Waals surface area contributed by atoms with Crippen LogP contribution in [0.15, 0.2) is 59.4 Å². The smallest absolute Gasteiger partial charge is 0.329 e. The Balaban J connectivity index is 1.70. The Labute approximate surface area is 149 Å². The highest BCUT2D eigenvalue weighted by Gasteiger charge is 2.40. The van der Waals surface area contributed by atoms with Crippen LogP contribution in [0.5, 0.6) is 0 Å². The molecule has 3 aromatic rings. The monoisotopic (exact) mass is 349 g/mol. The number of para-hydroxylation sites is 1. The first kappa shape index (κ1) is 16.0. The molecule has 7 heteroatoms. The van der Waals surface area contributed by atoms with E-state index in [-0.39, 0.29) is 5.69 Å². The van der Waals surface area contributed by atoms with Crippen molar-refractivity contribution >= 4 is 17.6 Å². The molecule has 130 valence electrons. The average Bonchev–Trinajstić information content (AvgIpc) is 3.32. The molecule has 1 aliphatic heterocycles. The van der Waals surface area contributed by atoms with Gasteiger partial charge in [0.05, 0.1) is 7.11 Å². The van der Waals surface area contributed by atoms with Gasteiger partial charge in [-0.25, -0.2) is 4.79 Å². The molecule has 0 radical (unpaired) electrons. The summed E-state index contributed by atoms with van der Waals surface area (Å²) < 4.78 is 10.2. The lowest BCUT2D eigenvalue weighted by Gasteiger charge is -2.22. The van der Waals surface area contributed by atoms with E-state index in [4.69, 9.17) is 9.26 Å². The SMILES string of the molecule is COC(=O)C1Cc2ccccc2N1C(=O)c1cc(-c2cccnc2)on1. The number of esters is 1. The molecular weight excluding hydrogens is 334 g/mol. The first-order chi connectivity index (χ1) is 12.7. The molecule has 3 heterocycles. The molecule has 1 unspecified atom stereocenters. The van der Waals surface area contributed by atoms with Crippen molar-refractivity contribution in [2.45, 2.75) is 12.5 Å². The van der Waals surface area contributed by atoms with Gasteiger partial charge in [0.25, 0.3) is 5.91 Å². The quantitative estimate of drug-likeness (QED) is 0.675. The number of nitrogens with zero attached hydrogens (tertiary/aromatic N) is 3. The normalized spacial score (nSPS) is 15.6. The lowest BCUT2D eigenvalue weighted by molar-refractivity contribution is -0.141. The molecule has 2 aromatic heterocycles. The van der Waals surface area contributed by atoms with Crippen LogP contribution in [0.25, 0.3) is 11.3 Å². The Hall–Kier alpha value is -3.48. The third-order valence-corrected chi connectivity index (χ3v) is 4.34. The highest BCUT2D eigenvalue weighted by molar-refractivity contribution is 6.10. The van der Waals surface area contributed by atoms with Gasteiger partial charge in [0, 0.05) is 36.1 Å². The van der Waals surface area contributed by atoms with Crippen LogP contribution in [0, 0.1) is 0 Å². The van der Waals surface area contributed by atoms with Crippen LogP contribution in [0.1, 0.15) is 16.1 Å². The number of hydrogen-bond donors (Lipinski definition) is 0. The fourth-order valence-electron chi connectivity index (χ4n) is 3.11. The highest BCUT2D eigenvalue weighted by Crippen LogP contribution is 2.34. The molecule has 1 atom stereocenters. The summed E-state index contributed by atoms with van der Waals surface area (Å²) in [5.74, 6) is -0.446. The number of benzene rings is 1. The van der Waals surface area contributed by atoms with Gasteiger partial charge in [0.15, 0.2) is 11.5 Å². The molecule has 0 N–H and O–H groups in total. The standard InChI is InChI=1S/C19H15N3O4/c1-25-19(24)16-9-12-5-2-3-7-15(12)22(16)18(23)14-10-17(26-21-14)13-6-4-8-20-11-13/h2-8,10-11,16H,9H2,1H3. The predicted molar refractivity (Wildman–Crippen MR) is 92.5 cm³/mol. The Morgan fingerprint density at radius 3 is 2.85 bits per heavy atom. The number of ether oxygens (including phenoxy) is 1. The first-order valence-corrected chi connectivity index (χ1v) is 8.05. The van der Waals surface area contributed by atoms with E-state index in [0.717, 1.165) is 5.56 Å². The molecule has 0 fully saturated rings. The number of rotatable bonds is 3. The van der Waals surface area contributed by atoms with E-state index in [0.29, 0.717) is 23.4 Å². The number of aromatic nitrogens is 2. The molecule has 0 spiro atoms. The van der Waals surface area contributed by atoms with Gasteiger partial charge in [0.2, 0.25) is 0 Å². The summed E-state index contributed by atoms with van der Waals surface area (Å²) >= 11 is 0. The van der Waals surface area contributed by atoms with Gasteiger partial charge < -0.3 is 9.26 Å². The van der Waals surface area contributed by atoms with E-state index in [1.54, 1.807) is 30.6 Å². The minimum absolute atomic E-state index is 0.120. The number of pyridine rings is 1. The van der Waals surface area contributed by atoms with Crippen molar-refractivity contribution in [3.63, 3.8) is 0 Å². The summed E-state index contributed by atoms with van der Waals surface area (Å²) in [4.78, 5) is 30.7. The van der Waals surface area contributed by atoms with Crippen LogP contribution < -0.4 is 4.90 Å². The molecule has 0 saturated heterocycles. The lowest BCUT2D eigenvalue weighted by Crippen LogP contribution is -2.43. The van der Waals surface area contributed by atoms with E-state index in [2.05, 4.69) is 10.1 Å². The van der Waals surface area contributed by atoms with Crippen molar-refractivity contribution in [2.75, 3.05) is 12.0 Å². The number of anilines is 1. The maximum absolute atomic E-state index is 13.1. The second-order valence-electron chi connectivity index (χ2n) is 5.87. The fraction of sp³-hybridized carbons (Fsp3) is 0.158. The minimum atomic E-state index is -0.719. The molecule has 0 saturated carbocycles. The van der Waals surface area contributed by atoms with E-state index in [1.165, 1.54) is 12.0 Å². The van der Waals surface area contributed by atoms with Crippen molar-refractivity contribution in [1.82, 2.24) is 10.1 Å². The second-order valence-corrected chi connectivity index (χ2v) is 5.87. The van der Waals surface area contributed by atoms with Gasteiger partial charge in [0.1, 0.15) is 6.04 Å². The largest absolute Gasteiger partial charge is 0.467 e. The maximum atomic E-state index is 13.1. The summed E-state index contributed by atoms with van der Waals surface area (Å²) in [7, 11) is 1.31. The molecule has 0 aliphatic carbocycles. The van der Waals surface area contributed by atoms with Crippen molar-refractivity contribution in [1.29, 1.82) is 0 Å². The Kier molecular flexibility index (Phi) is 3.96. The third kappa shape index (κ3) is 2.63. The number of carbonyl (C=O) groups excluding carboxylic acids is 2. The van der Waals surface area contributed by atoms with E-state index >= 15 is 0 Å². The van der Waals surface area contributed by atoms with Gasteiger partial charge in [-0.2, -0.15) is 0 Å². The number of hydrogen-bond acceptors (Lipinski definition) is 6. The van der Waals surface area contributed by atoms with E-state index in [1.807, 2.05) is 24.3 Å². The summed E-state index contributed by atoms with van der Waals surface area (Å²) in [6.07, 6.45) is 3.67. The Morgan fingerprint density at radius 2 is 2.08 bits per heavy atom. The van der Waals surface area contributed by atoms with Gasteiger partial charge in [-0.1, -0.05) is 23.4 Å². The van der Waals surface area contributed by atoms with E-state index < -0.39 is 17.9 Å². The topological polar surface area (TPSA) is 85.5 Å². The van der Waals surface area contributed by atoms with Crippen molar-refractivity contribution in [3.05, 3.63) is 66.1 Å². The fourth-order valence-corrected chi connectivity index (χ4v) is 3.11. The highest BCUT2D eigenvalue weighted by atomic mass is 16.5. The zero-order chi connectivity index (χ0) is 18.1. The van der Waals surface area contributed by atoms with Gasteiger partial charge in [-0.3, -0.25) is 14.7 Å². The van der Waals surface area contributed by atoms with Gasteiger partial charge >= 0.3 is 5.97 Å². The van der Waals surface area contributed by atoms with Crippen molar-refractivity contribution < 1.29 is 18.8 Å². The van der Waals surface area contributed by atoms with Crippen LogP contribution >= 0.6 is 0 Å². The molecule has 1 aromatic carbocycles. The predicted octanol–water partition coefficient (Wildman–Crippen LogP) is 2.48. The van der Waals surface area contributed by atoms with Crippen LogP contribution in [0.4, 0.5) is 5.69 Å². The summed E-state index contributed by atoms with van der Waals surface area (Å²) in [6.45, 7) is 0. The molecule has 26 heavy (non-hydrogen) atoms. The molecule has 1 amide bonds. The summed E-state index contributed by atoms with van der Waals surface area (Å²) in [5.41, 5.74) is 2.42. The Morgan fingerprint density at radius 1 is 1.23 bits per heavy atom. The number of fused-ring (bicyclic) bond motifs is 1. The Bertz CT molecular complexity index is 968. The maximum Gasteiger partial charge on any atom is 0.329 e. The molecule has 4 rings (SSSR count). The molecule has 7 nitrogen and oxygen atoms in total. The van der Waals surface area contributed by atoms with Crippen LogP contribution in [-0.2, 0) is 16.0 Å². The van der Waals surface area contributed by atoms with Crippen LogP contribution in [0.2, 0.25) is 0 Å². The van der Waals surface area contributed by atoms with E-state index in [9.17, 15) is 9.59 Å². The molecular formula is C19H15N3O4. The minimum Gasteiger partial charge on any atom is -0.467 e. The summed E-state index contributed by atoms with van der Waals surface area (Å²) in [5, 5.41) is 3.88. The van der Waals surface area contributed by atoms with Gasteiger partial charge in [-0.05, 0) is 23.8 Å². The molecule has 1 aliphatic rings. The summed E-state index contributed by atoms with van der Waals surface area (Å²) in [6, 6.07) is 11.8. The van der Waals surface area contributed by atoms with Crippen LogP contribution in [0.3, 0.4) is 0 Å². The van der Waals surface area contributed by atoms with Crippen molar-refractivity contribution in [3.8, 4) is 11.3 Å². The second kappa shape index (κ2) is 6.44. The van der Waals surface area contributed by atoms with Crippen molar-refractivity contribution in [2.24, 2.45) is 0 Å². The third-order valence-electron chi connectivity index (χ3n) is 4.34. The lowest BCUT2D eigenvalue weighted by atomic mass is 10.1. The van der Waals surface area contributed by atoms with Gasteiger partial charge in [-0.15, -0.1) is 0 Å². The number of methoxy groups -OCH3 is 1. The molecule has 0 bridgehead atoms. The number of amides is 1. The van der Waals surface area contributed by atoms with Crippen LogP contribution in [-0.4, -0.2) is 35.2 Å². The number of carbonyl (C=O) groups is 2. The first-order valence-electron chi connectivity index (χ1n) is 8.05. The average molecular weight is 349 g/mol.